The Morgan fingerprint density at radius 1 is 0.913 bits per heavy atom. The number of fused-ring (bicyclic) bond motifs is 3. The van der Waals surface area contributed by atoms with Crippen LogP contribution in [0.4, 0.5) is 5.69 Å². The highest BCUT2D eigenvalue weighted by Crippen LogP contribution is 2.39. The molecule has 0 aliphatic heterocycles. The minimum Gasteiger partial charge on any atom is -0.455 e. The molecule has 0 aliphatic carbocycles. The molecule has 0 fully saturated rings. The Labute approximate surface area is 139 Å². The zero-order valence-electron chi connectivity index (χ0n) is 11.8. The van der Waals surface area contributed by atoms with Crippen LogP contribution in [0.3, 0.4) is 0 Å². The van der Waals surface area contributed by atoms with Gasteiger partial charge in [-0.2, -0.15) is 0 Å². The van der Waals surface area contributed by atoms with Crippen molar-refractivity contribution in [3.8, 4) is 11.1 Å². The molecule has 0 saturated heterocycles. The smallest absolute Gasteiger partial charge is 0.277 e. The minimum atomic E-state index is -0.372. The minimum absolute atomic E-state index is 0.0566. The Morgan fingerprint density at radius 3 is 2.52 bits per heavy atom. The Bertz CT molecular complexity index is 1070. The second-order valence-electron chi connectivity index (χ2n) is 5.20. The molecule has 0 radical (unpaired) electrons. The lowest BCUT2D eigenvalue weighted by atomic mass is 10.0. The fraction of sp³-hybridized carbons (Fsp3) is 0. The lowest BCUT2D eigenvalue weighted by Gasteiger charge is -2.05. The molecule has 112 valence electrons. The topological polar surface area (TPSA) is 56.3 Å². The number of nitro groups is 1. The average Bonchev–Trinajstić information content (AvgIpc) is 2.93. The van der Waals surface area contributed by atoms with Crippen LogP contribution in [0.2, 0.25) is 0 Å². The number of furan rings is 1. The summed E-state index contributed by atoms with van der Waals surface area (Å²) in [6.45, 7) is 0. The molecule has 23 heavy (non-hydrogen) atoms. The predicted octanol–water partition coefficient (Wildman–Crippen LogP) is 5.92. The van der Waals surface area contributed by atoms with Gasteiger partial charge in [-0.15, -0.1) is 0 Å². The first-order valence-electron chi connectivity index (χ1n) is 7.00. The maximum absolute atomic E-state index is 11.4. The van der Waals surface area contributed by atoms with Gasteiger partial charge in [-0.3, -0.25) is 10.1 Å². The normalized spacial score (nSPS) is 11.2. The molecule has 0 bridgehead atoms. The van der Waals surface area contributed by atoms with Crippen LogP contribution in [-0.4, -0.2) is 4.92 Å². The molecule has 0 amide bonds. The molecule has 0 N–H and O–H groups in total. The van der Waals surface area contributed by atoms with E-state index in [1.165, 1.54) is 6.07 Å². The maximum Gasteiger partial charge on any atom is 0.277 e. The first kappa shape index (κ1) is 14.0. The summed E-state index contributed by atoms with van der Waals surface area (Å²) < 4.78 is 6.76. The monoisotopic (exact) mass is 367 g/mol. The van der Waals surface area contributed by atoms with E-state index in [9.17, 15) is 10.1 Å². The van der Waals surface area contributed by atoms with Gasteiger partial charge in [0.05, 0.1) is 10.5 Å². The third kappa shape index (κ3) is 2.21. The van der Waals surface area contributed by atoms with Crippen LogP contribution in [0, 0.1) is 10.1 Å². The molecule has 0 saturated carbocycles. The molecule has 0 aliphatic rings. The van der Waals surface area contributed by atoms with Crippen LogP contribution in [-0.2, 0) is 0 Å². The molecule has 4 aromatic rings. The molecule has 5 heteroatoms. The number of hydrogen-bond donors (Lipinski definition) is 0. The van der Waals surface area contributed by atoms with Crippen molar-refractivity contribution in [2.24, 2.45) is 0 Å². The summed E-state index contributed by atoms with van der Waals surface area (Å²) in [7, 11) is 0. The third-order valence-corrected chi connectivity index (χ3v) is 4.34. The van der Waals surface area contributed by atoms with Crippen molar-refractivity contribution in [1.29, 1.82) is 0 Å². The second kappa shape index (κ2) is 5.21. The number of nitro benzene ring substituents is 1. The number of halogens is 1. The Hall–Kier alpha value is -2.66. The average molecular weight is 368 g/mol. The van der Waals surface area contributed by atoms with E-state index in [-0.39, 0.29) is 10.6 Å². The zero-order chi connectivity index (χ0) is 16.0. The number of nitrogens with zero attached hydrogens (tertiary/aromatic N) is 1. The molecule has 1 aromatic heterocycles. The number of para-hydroxylation sites is 2. The zero-order valence-corrected chi connectivity index (χ0v) is 13.4. The van der Waals surface area contributed by atoms with Crippen LogP contribution in [0.5, 0.6) is 0 Å². The van der Waals surface area contributed by atoms with Gasteiger partial charge in [0.2, 0.25) is 0 Å². The van der Waals surface area contributed by atoms with Gasteiger partial charge in [0.1, 0.15) is 11.2 Å². The first-order valence-corrected chi connectivity index (χ1v) is 7.79. The molecule has 3 aromatic carbocycles. The second-order valence-corrected chi connectivity index (χ2v) is 6.11. The maximum atomic E-state index is 11.4. The van der Waals surface area contributed by atoms with Crippen LogP contribution in [0.15, 0.2) is 69.6 Å². The van der Waals surface area contributed by atoms with E-state index in [0.29, 0.717) is 16.7 Å². The van der Waals surface area contributed by atoms with Crippen LogP contribution in [0.25, 0.3) is 33.1 Å². The van der Waals surface area contributed by atoms with Gasteiger partial charge in [-0.1, -0.05) is 52.3 Å². The molecule has 4 nitrogen and oxygen atoms in total. The van der Waals surface area contributed by atoms with Crippen molar-refractivity contribution in [2.45, 2.75) is 0 Å². The van der Waals surface area contributed by atoms with E-state index in [1.807, 2.05) is 42.5 Å². The molecular weight excluding hydrogens is 358 g/mol. The van der Waals surface area contributed by atoms with Crippen molar-refractivity contribution >= 4 is 43.6 Å². The van der Waals surface area contributed by atoms with E-state index < -0.39 is 0 Å². The van der Waals surface area contributed by atoms with E-state index >= 15 is 0 Å². The summed E-state index contributed by atoms with van der Waals surface area (Å²) in [6, 6.07) is 18.4. The lowest BCUT2D eigenvalue weighted by molar-refractivity contribution is -0.384. The van der Waals surface area contributed by atoms with Gasteiger partial charge in [0.25, 0.3) is 5.69 Å². The highest BCUT2D eigenvalue weighted by atomic mass is 79.9. The Balaban J connectivity index is 2.11. The highest BCUT2D eigenvalue weighted by Gasteiger charge is 2.20. The summed E-state index contributed by atoms with van der Waals surface area (Å²) >= 11 is 3.39. The summed E-state index contributed by atoms with van der Waals surface area (Å²) in [5.41, 5.74) is 2.74. The first-order chi connectivity index (χ1) is 11.1. The van der Waals surface area contributed by atoms with Gasteiger partial charge in [-0.05, 0) is 18.2 Å². The summed E-state index contributed by atoms with van der Waals surface area (Å²) in [4.78, 5) is 11.0. The van der Waals surface area contributed by atoms with E-state index in [2.05, 4.69) is 15.9 Å². The SMILES string of the molecule is O=[N+]([O-])c1ccc(Br)cc1-c1cccc2c1oc1ccccc12. The van der Waals surface area contributed by atoms with Gasteiger partial charge < -0.3 is 4.42 Å². The highest BCUT2D eigenvalue weighted by molar-refractivity contribution is 9.10. The largest absolute Gasteiger partial charge is 0.455 e. The lowest BCUT2D eigenvalue weighted by Crippen LogP contribution is -1.92. The van der Waals surface area contributed by atoms with Crippen LogP contribution < -0.4 is 0 Å². The number of benzene rings is 3. The van der Waals surface area contributed by atoms with Crippen LogP contribution >= 0.6 is 15.9 Å². The van der Waals surface area contributed by atoms with Gasteiger partial charge in [0, 0.05) is 26.9 Å². The molecular formula is C18H10BrNO3. The predicted molar refractivity (Wildman–Crippen MR) is 93.5 cm³/mol. The molecule has 0 unspecified atom stereocenters. The summed E-state index contributed by atoms with van der Waals surface area (Å²) in [5.74, 6) is 0. The van der Waals surface area contributed by atoms with Crippen molar-refractivity contribution in [2.75, 3.05) is 0 Å². The van der Waals surface area contributed by atoms with Crippen molar-refractivity contribution in [1.82, 2.24) is 0 Å². The fourth-order valence-corrected chi connectivity index (χ4v) is 3.20. The number of rotatable bonds is 2. The third-order valence-electron chi connectivity index (χ3n) is 3.85. The summed E-state index contributed by atoms with van der Waals surface area (Å²) in [5, 5.41) is 13.3. The van der Waals surface area contributed by atoms with Crippen LogP contribution in [0.1, 0.15) is 0 Å². The quantitative estimate of drug-likeness (QED) is 0.326. The molecule has 0 atom stereocenters. The van der Waals surface area contributed by atoms with E-state index in [0.717, 1.165) is 20.8 Å². The van der Waals surface area contributed by atoms with Crippen molar-refractivity contribution < 1.29 is 9.34 Å². The Kier molecular flexibility index (Phi) is 3.16. The molecule has 1 heterocycles. The van der Waals surface area contributed by atoms with Gasteiger partial charge in [-0.25, -0.2) is 0 Å². The fourth-order valence-electron chi connectivity index (χ4n) is 2.84. The van der Waals surface area contributed by atoms with Crippen molar-refractivity contribution in [3.63, 3.8) is 0 Å². The number of hydrogen-bond acceptors (Lipinski definition) is 3. The van der Waals surface area contributed by atoms with E-state index in [1.54, 1.807) is 12.1 Å². The van der Waals surface area contributed by atoms with Gasteiger partial charge >= 0.3 is 0 Å². The Morgan fingerprint density at radius 2 is 1.70 bits per heavy atom. The molecule has 4 rings (SSSR count). The summed E-state index contributed by atoms with van der Waals surface area (Å²) in [6.07, 6.45) is 0. The van der Waals surface area contributed by atoms with Gasteiger partial charge in [0.15, 0.2) is 0 Å². The standard InChI is InChI=1S/C18H10BrNO3/c19-11-8-9-16(20(21)22)15(10-11)14-6-3-5-13-12-4-1-2-7-17(12)23-18(13)14/h1-10H. The van der Waals surface area contributed by atoms with Crippen molar-refractivity contribution in [3.05, 3.63) is 75.3 Å². The van der Waals surface area contributed by atoms with E-state index in [4.69, 9.17) is 4.42 Å². The molecule has 0 spiro atoms.